The number of benzene rings is 1. The molecule has 0 unspecified atom stereocenters. The molecular weight excluding hydrogens is 366 g/mol. The number of nitrogens with two attached hydrogens (primary N) is 1. The molecule has 1 aromatic heterocycles. The van der Waals surface area contributed by atoms with Crippen molar-refractivity contribution in [3.63, 3.8) is 0 Å². The molecule has 2 atom stereocenters. The van der Waals surface area contributed by atoms with Gasteiger partial charge in [0.05, 0.1) is 18.2 Å². The normalized spacial score (nSPS) is 23.4. The number of pyridine rings is 1. The van der Waals surface area contributed by atoms with Gasteiger partial charge in [-0.15, -0.1) is 0 Å². The third-order valence-corrected chi connectivity index (χ3v) is 6.01. The quantitative estimate of drug-likeness (QED) is 0.637. The Morgan fingerprint density at radius 2 is 2.07 bits per heavy atom. The van der Waals surface area contributed by atoms with Crippen molar-refractivity contribution in [1.29, 1.82) is 0 Å². The molecule has 1 saturated heterocycles. The fourth-order valence-corrected chi connectivity index (χ4v) is 4.41. The predicted molar refractivity (Wildman–Crippen MR) is 110 cm³/mol. The van der Waals surface area contributed by atoms with Crippen LogP contribution in [0.1, 0.15) is 55.8 Å². The SMILES string of the molecule is Cc1ccccc1CO[C@@H]1[C@@H](N2CCCCC2=O)c2c[n+](N)ccc2OC1(C)C. The second-order valence-electron chi connectivity index (χ2n) is 8.56. The first kappa shape index (κ1) is 19.7. The Labute approximate surface area is 172 Å². The topological polar surface area (TPSA) is 68.7 Å². The summed E-state index contributed by atoms with van der Waals surface area (Å²) in [5.41, 5.74) is 2.63. The van der Waals surface area contributed by atoms with E-state index in [0.29, 0.717) is 13.0 Å². The van der Waals surface area contributed by atoms with Gasteiger partial charge >= 0.3 is 0 Å². The summed E-state index contributed by atoms with van der Waals surface area (Å²) in [5.74, 6) is 6.95. The Kier molecular flexibility index (Phi) is 5.21. The van der Waals surface area contributed by atoms with Crippen LogP contribution in [0.15, 0.2) is 42.7 Å². The number of carbonyl (C=O) groups excluding carboxylic acids is 1. The van der Waals surface area contributed by atoms with E-state index in [1.54, 1.807) is 6.20 Å². The summed E-state index contributed by atoms with van der Waals surface area (Å²) < 4.78 is 14.4. The van der Waals surface area contributed by atoms with Gasteiger partial charge in [0.1, 0.15) is 17.5 Å². The highest BCUT2D eigenvalue weighted by molar-refractivity contribution is 5.77. The van der Waals surface area contributed by atoms with Gasteiger partial charge in [-0.3, -0.25) is 4.79 Å². The zero-order valence-corrected chi connectivity index (χ0v) is 17.4. The zero-order valence-electron chi connectivity index (χ0n) is 17.4. The van der Waals surface area contributed by atoms with Crippen LogP contribution in [0.2, 0.25) is 0 Å². The highest BCUT2D eigenvalue weighted by Crippen LogP contribution is 2.44. The maximum atomic E-state index is 12.9. The van der Waals surface area contributed by atoms with Gasteiger partial charge in [-0.25, -0.2) is 5.84 Å². The maximum absolute atomic E-state index is 12.9. The van der Waals surface area contributed by atoms with Crippen molar-refractivity contribution in [1.82, 2.24) is 4.90 Å². The van der Waals surface area contributed by atoms with Gasteiger partial charge < -0.3 is 14.4 Å². The minimum Gasteiger partial charge on any atom is -0.484 e. The zero-order chi connectivity index (χ0) is 20.6. The number of hydrogen-bond donors (Lipinski definition) is 1. The van der Waals surface area contributed by atoms with Crippen molar-refractivity contribution in [2.45, 2.75) is 64.4 Å². The number of nitrogens with zero attached hydrogens (tertiary/aromatic N) is 2. The van der Waals surface area contributed by atoms with Gasteiger partial charge in [0.25, 0.3) is 0 Å². The first-order valence-electron chi connectivity index (χ1n) is 10.3. The van der Waals surface area contributed by atoms with E-state index in [0.717, 1.165) is 36.3 Å². The van der Waals surface area contributed by atoms with Crippen molar-refractivity contribution in [2.75, 3.05) is 12.4 Å². The average Bonchev–Trinajstić information content (AvgIpc) is 2.68. The number of likely N-dealkylation sites (tertiary alicyclic amines) is 1. The van der Waals surface area contributed by atoms with Crippen molar-refractivity contribution in [2.24, 2.45) is 0 Å². The first-order chi connectivity index (χ1) is 13.9. The van der Waals surface area contributed by atoms with Crippen LogP contribution in [0.25, 0.3) is 0 Å². The number of fused-ring (bicyclic) bond motifs is 1. The number of piperidine rings is 1. The molecule has 0 bridgehead atoms. The summed E-state index contributed by atoms with van der Waals surface area (Å²) >= 11 is 0. The molecule has 154 valence electrons. The van der Waals surface area contributed by atoms with Gasteiger partial charge in [0.2, 0.25) is 18.3 Å². The van der Waals surface area contributed by atoms with Crippen molar-refractivity contribution < 1.29 is 18.9 Å². The Balaban J connectivity index is 1.73. The number of hydrogen-bond acceptors (Lipinski definition) is 4. The van der Waals surface area contributed by atoms with E-state index in [2.05, 4.69) is 19.1 Å². The average molecular weight is 397 g/mol. The van der Waals surface area contributed by atoms with Gasteiger partial charge in [-0.1, -0.05) is 28.9 Å². The maximum Gasteiger partial charge on any atom is 0.223 e. The number of aromatic nitrogens is 1. The lowest BCUT2D eigenvalue weighted by Gasteiger charge is -2.48. The molecule has 2 aliphatic heterocycles. The third-order valence-electron chi connectivity index (χ3n) is 6.01. The lowest BCUT2D eigenvalue weighted by atomic mass is 9.85. The van der Waals surface area contributed by atoms with Crippen LogP contribution in [-0.2, 0) is 16.1 Å². The molecule has 0 spiro atoms. The van der Waals surface area contributed by atoms with E-state index in [-0.39, 0.29) is 18.1 Å². The minimum atomic E-state index is -0.598. The summed E-state index contributed by atoms with van der Waals surface area (Å²) in [6.45, 7) is 7.34. The number of nitrogen functional groups attached to an aromatic ring is 1. The van der Waals surface area contributed by atoms with E-state index in [1.165, 1.54) is 10.2 Å². The molecule has 3 heterocycles. The lowest BCUT2D eigenvalue weighted by molar-refractivity contribution is -0.639. The first-order valence-corrected chi connectivity index (χ1v) is 10.3. The van der Waals surface area contributed by atoms with Crippen molar-refractivity contribution in [3.05, 3.63) is 59.4 Å². The molecule has 0 radical (unpaired) electrons. The molecule has 1 fully saturated rings. The van der Waals surface area contributed by atoms with E-state index < -0.39 is 5.60 Å². The third kappa shape index (κ3) is 3.81. The van der Waals surface area contributed by atoms with Crippen molar-refractivity contribution in [3.8, 4) is 5.75 Å². The van der Waals surface area contributed by atoms with Crippen LogP contribution >= 0.6 is 0 Å². The second kappa shape index (κ2) is 7.67. The Hall–Kier alpha value is -2.60. The molecule has 2 aromatic rings. The van der Waals surface area contributed by atoms with Crippen LogP contribution in [0, 0.1) is 6.92 Å². The largest absolute Gasteiger partial charge is 0.484 e. The fraction of sp³-hybridized carbons (Fsp3) is 0.478. The van der Waals surface area contributed by atoms with Gasteiger partial charge in [0, 0.05) is 19.0 Å². The molecular formula is C23H30N3O3+. The molecule has 6 nitrogen and oxygen atoms in total. The standard InChI is InChI=1S/C23H30N3O3/c1-16-8-4-5-9-17(16)15-28-22-21(26-12-7-6-10-20(26)27)18-14-25(24)13-11-19(18)29-23(22,2)3/h4-5,8-9,11,13-14,21-22H,6-7,10,12,15,24H2,1-3H3/q+1/t21-,22+/m0/s1. The Morgan fingerprint density at radius 3 is 2.83 bits per heavy atom. The molecule has 1 amide bonds. The highest BCUT2D eigenvalue weighted by Gasteiger charge is 2.49. The number of rotatable bonds is 4. The molecule has 2 aliphatic rings. The fourth-order valence-electron chi connectivity index (χ4n) is 4.41. The van der Waals surface area contributed by atoms with Crippen LogP contribution in [0.4, 0.5) is 0 Å². The monoisotopic (exact) mass is 396 g/mol. The van der Waals surface area contributed by atoms with Crippen LogP contribution in [-0.4, -0.2) is 29.1 Å². The highest BCUT2D eigenvalue weighted by atomic mass is 16.6. The summed E-state index contributed by atoms with van der Waals surface area (Å²) in [7, 11) is 0. The second-order valence-corrected chi connectivity index (χ2v) is 8.56. The van der Waals surface area contributed by atoms with E-state index in [9.17, 15) is 4.79 Å². The predicted octanol–water partition coefficient (Wildman–Crippen LogP) is 2.81. The van der Waals surface area contributed by atoms with Crippen LogP contribution in [0.5, 0.6) is 5.75 Å². The summed E-state index contributed by atoms with van der Waals surface area (Å²) in [4.78, 5) is 14.8. The minimum absolute atomic E-state index is 0.168. The van der Waals surface area contributed by atoms with Crippen LogP contribution < -0.4 is 15.3 Å². The Bertz CT molecular complexity index is 912. The molecule has 0 saturated carbocycles. The smallest absolute Gasteiger partial charge is 0.223 e. The van der Waals surface area contributed by atoms with E-state index in [1.807, 2.05) is 43.1 Å². The summed E-state index contributed by atoms with van der Waals surface area (Å²) in [5, 5.41) is 0. The number of aryl methyl sites for hydroxylation is 1. The lowest BCUT2D eigenvalue weighted by Crippen LogP contribution is -2.57. The molecule has 0 aliphatic carbocycles. The van der Waals surface area contributed by atoms with Crippen molar-refractivity contribution >= 4 is 5.91 Å². The van der Waals surface area contributed by atoms with Gasteiger partial charge in [-0.2, -0.15) is 0 Å². The molecule has 29 heavy (non-hydrogen) atoms. The summed E-state index contributed by atoms with van der Waals surface area (Å²) in [6.07, 6.45) is 5.81. The van der Waals surface area contributed by atoms with Gasteiger partial charge in [0.15, 0.2) is 0 Å². The van der Waals surface area contributed by atoms with Crippen LogP contribution in [0.3, 0.4) is 0 Å². The Morgan fingerprint density at radius 1 is 1.28 bits per heavy atom. The molecule has 6 heteroatoms. The number of ether oxygens (including phenoxy) is 2. The molecule has 2 N–H and O–H groups in total. The van der Waals surface area contributed by atoms with E-state index in [4.69, 9.17) is 15.3 Å². The molecule has 1 aromatic carbocycles. The summed E-state index contributed by atoms with van der Waals surface area (Å²) in [6, 6.07) is 9.84. The van der Waals surface area contributed by atoms with E-state index >= 15 is 0 Å². The number of amides is 1. The molecule has 4 rings (SSSR count). The number of carbonyl (C=O) groups is 1. The van der Waals surface area contributed by atoms with Gasteiger partial charge in [-0.05, 0) is 44.7 Å².